The Morgan fingerprint density at radius 2 is 1.33 bits per heavy atom. The number of allylic oxidation sites excluding steroid dienone is 8. The van der Waals surface area contributed by atoms with Crippen LogP contribution in [0.25, 0.3) is 0 Å². The van der Waals surface area contributed by atoms with Gasteiger partial charge in [-0.15, -0.1) is 0 Å². The minimum absolute atomic E-state index is 0.0548. The molecule has 0 saturated heterocycles. The zero-order valence-electron chi connectivity index (χ0n) is 29.8. The first-order chi connectivity index (χ1) is 23.7. The Bertz CT molecular complexity index is 1920. The van der Waals surface area contributed by atoms with Crippen molar-refractivity contribution < 1.29 is 4.58 Å². The number of halogens is 1. The average molecular weight is 711 g/mol. The maximum absolute atomic E-state index is 3.72. The predicted octanol–water partition coefficient (Wildman–Crippen LogP) is 11.7. The molecule has 49 heavy (non-hydrogen) atoms. The van der Waals surface area contributed by atoms with E-state index in [4.69, 9.17) is 0 Å². The van der Waals surface area contributed by atoms with Crippen LogP contribution in [0.3, 0.4) is 0 Å². The Morgan fingerprint density at radius 1 is 0.673 bits per heavy atom. The molecule has 0 spiro atoms. The Hall–Kier alpha value is -4.21. The van der Waals surface area contributed by atoms with Gasteiger partial charge in [-0.05, 0) is 81.0 Å². The molecule has 4 aromatic rings. The lowest BCUT2D eigenvalue weighted by molar-refractivity contribution is -0.438. The molecule has 3 heteroatoms. The molecule has 2 aliphatic heterocycles. The molecule has 250 valence electrons. The number of aryl methyl sites for hydroxylation is 3. The second kappa shape index (κ2) is 15.1. The molecule has 2 heterocycles. The smallest absolute Gasteiger partial charge is 0.209 e. The number of hydrogen-bond donors (Lipinski definition) is 0. The first-order valence-electron chi connectivity index (χ1n) is 17.8. The van der Waals surface area contributed by atoms with E-state index < -0.39 is 0 Å². The van der Waals surface area contributed by atoms with E-state index in [1.165, 1.54) is 50.6 Å². The van der Waals surface area contributed by atoms with Crippen molar-refractivity contribution in [3.63, 3.8) is 0 Å². The molecule has 0 radical (unpaired) electrons. The quantitative estimate of drug-likeness (QED) is 0.105. The molecule has 2 nitrogen and oxygen atoms in total. The van der Waals surface area contributed by atoms with Gasteiger partial charge in [0.1, 0.15) is 6.54 Å². The maximum Gasteiger partial charge on any atom is 0.209 e. The number of nitrogens with zero attached hydrogens (tertiary/aromatic N) is 2. The average Bonchev–Trinajstić information content (AvgIpc) is 3.43. The van der Waals surface area contributed by atoms with Crippen LogP contribution in [0.1, 0.15) is 68.4 Å². The molecule has 6 rings (SSSR count). The summed E-state index contributed by atoms with van der Waals surface area (Å²) in [4.78, 5) is 2.55. The summed E-state index contributed by atoms with van der Waals surface area (Å²) >= 11 is 3.72. The summed E-state index contributed by atoms with van der Waals surface area (Å²) in [6.45, 7) is 13.6. The van der Waals surface area contributed by atoms with Crippen LogP contribution in [0.5, 0.6) is 0 Å². The van der Waals surface area contributed by atoms with E-state index >= 15 is 0 Å². The van der Waals surface area contributed by atoms with Crippen molar-refractivity contribution in [3.8, 4) is 0 Å². The normalized spacial score (nSPS) is 17.3. The largest absolute Gasteiger partial charge is 0.344 e. The van der Waals surface area contributed by atoms with Crippen LogP contribution in [-0.2, 0) is 23.7 Å². The van der Waals surface area contributed by atoms with Gasteiger partial charge in [0.25, 0.3) is 0 Å². The third-order valence-electron chi connectivity index (χ3n) is 10.2. The first kappa shape index (κ1) is 34.6. The third-order valence-corrected chi connectivity index (χ3v) is 10.7. The van der Waals surface area contributed by atoms with Crippen LogP contribution in [0.2, 0.25) is 0 Å². The fourth-order valence-corrected chi connectivity index (χ4v) is 7.94. The highest BCUT2D eigenvalue weighted by Crippen LogP contribution is 2.48. The maximum atomic E-state index is 3.72. The molecular formula is C46H50BrN2+. The summed E-state index contributed by atoms with van der Waals surface area (Å²) < 4.78 is 3.66. The van der Waals surface area contributed by atoms with Crippen molar-refractivity contribution >= 4 is 33.0 Å². The fraction of sp³-hybridized carbons (Fsp3) is 0.283. The summed E-state index contributed by atoms with van der Waals surface area (Å²) in [7, 11) is 0. The topological polar surface area (TPSA) is 6.25 Å². The minimum atomic E-state index is -0.0815. The lowest BCUT2D eigenvalue weighted by Crippen LogP contribution is -2.28. The van der Waals surface area contributed by atoms with Gasteiger partial charge in [0.15, 0.2) is 5.71 Å². The van der Waals surface area contributed by atoms with Gasteiger partial charge in [-0.25, -0.2) is 0 Å². The monoisotopic (exact) mass is 709 g/mol. The molecule has 0 fully saturated rings. The second-order valence-electron chi connectivity index (χ2n) is 14.5. The van der Waals surface area contributed by atoms with E-state index in [1.54, 1.807) is 0 Å². The summed E-state index contributed by atoms with van der Waals surface area (Å²) in [5, 5.41) is 0. The van der Waals surface area contributed by atoms with Gasteiger partial charge in [-0.3, -0.25) is 0 Å². The molecule has 2 aliphatic rings. The highest BCUT2D eigenvalue weighted by atomic mass is 79.9. The Labute approximate surface area is 303 Å². The molecule has 0 amide bonds. The number of anilines is 1. The molecule has 0 unspecified atom stereocenters. The van der Waals surface area contributed by atoms with Crippen molar-refractivity contribution in [1.82, 2.24) is 0 Å². The van der Waals surface area contributed by atoms with Gasteiger partial charge in [0.05, 0.1) is 5.41 Å². The summed E-state index contributed by atoms with van der Waals surface area (Å²) in [5.74, 6) is 0. The Kier molecular flexibility index (Phi) is 10.7. The molecule has 0 atom stereocenters. The SMILES string of the molecule is Cc1ccc2c(c1)C(C)(C)\C(=C/C=C/C=C/C=C/C1=[N+](CCCc3ccccc3)c3ccc(Br)cc3C1(C)C)N2CCCc1ccccc1. The van der Waals surface area contributed by atoms with E-state index in [0.29, 0.717) is 0 Å². The van der Waals surface area contributed by atoms with E-state index in [-0.39, 0.29) is 10.8 Å². The second-order valence-corrected chi connectivity index (χ2v) is 15.4. The van der Waals surface area contributed by atoms with E-state index in [1.807, 2.05) is 0 Å². The number of benzene rings is 4. The molecule has 0 N–H and O–H groups in total. The zero-order chi connectivity index (χ0) is 34.4. The third kappa shape index (κ3) is 7.68. The van der Waals surface area contributed by atoms with Crippen molar-refractivity contribution in [2.24, 2.45) is 0 Å². The van der Waals surface area contributed by atoms with Crippen LogP contribution in [-0.4, -0.2) is 23.4 Å². The zero-order valence-corrected chi connectivity index (χ0v) is 31.4. The van der Waals surface area contributed by atoms with Gasteiger partial charge in [0, 0.05) is 51.9 Å². The fourth-order valence-electron chi connectivity index (χ4n) is 7.58. The van der Waals surface area contributed by atoms with Crippen LogP contribution >= 0.6 is 15.9 Å². The molecule has 4 aromatic carbocycles. The highest BCUT2D eigenvalue weighted by Gasteiger charge is 2.44. The van der Waals surface area contributed by atoms with Crippen molar-refractivity contribution in [1.29, 1.82) is 0 Å². The lowest BCUT2D eigenvalue weighted by atomic mass is 9.81. The molecule has 0 saturated carbocycles. The van der Waals surface area contributed by atoms with Gasteiger partial charge in [0.2, 0.25) is 5.69 Å². The summed E-state index contributed by atoms with van der Waals surface area (Å²) in [6, 6.07) is 35.3. The van der Waals surface area contributed by atoms with Gasteiger partial charge < -0.3 is 4.90 Å². The van der Waals surface area contributed by atoms with E-state index in [2.05, 4.69) is 200 Å². The van der Waals surface area contributed by atoms with Crippen molar-refractivity contribution in [2.45, 2.75) is 71.1 Å². The van der Waals surface area contributed by atoms with Crippen molar-refractivity contribution in [2.75, 3.05) is 18.0 Å². The van der Waals surface area contributed by atoms with Gasteiger partial charge in [-0.2, -0.15) is 4.58 Å². The number of fused-ring (bicyclic) bond motifs is 2. The van der Waals surface area contributed by atoms with Gasteiger partial charge in [-0.1, -0.05) is 139 Å². The van der Waals surface area contributed by atoms with E-state index in [0.717, 1.165) is 43.2 Å². The van der Waals surface area contributed by atoms with Crippen molar-refractivity contribution in [3.05, 3.63) is 178 Å². The summed E-state index contributed by atoms with van der Waals surface area (Å²) in [6.07, 6.45) is 19.9. The van der Waals surface area contributed by atoms with Crippen LogP contribution < -0.4 is 4.90 Å². The number of hydrogen-bond acceptors (Lipinski definition) is 1. The number of rotatable bonds is 12. The predicted molar refractivity (Wildman–Crippen MR) is 214 cm³/mol. The molecule has 0 bridgehead atoms. The van der Waals surface area contributed by atoms with E-state index in [9.17, 15) is 0 Å². The summed E-state index contributed by atoms with van der Waals surface area (Å²) in [5.41, 5.74) is 12.1. The van der Waals surface area contributed by atoms with Gasteiger partial charge >= 0.3 is 0 Å². The Balaban J connectivity index is 1.18. The van der Waals surface area contributed by atoms with Crippen LogP contribution in [0.15, 0.2) is 150 Å². The Morgan fingerprint density at radius 3 is 2.04 bits per heavy atom. The molecule has 0 aromatic heterocycles. The van der Waals surface area contributed by atoms with Crippen LogP contribution in [0.4, 0.5) is 11.4 Å². The highest BCUT2D eigenvalue weighted by molar-refractivity contribution is 9.10. The molecule has 0 aliphatic carbocycles. The van der Waals surface area contributed by atoms with Crippen LogP contribution in [0, 0.1) is 6.92 Å². The molecular weight excluding hydrogens is 660 g/mol. The standard InChI is InChI=1S/C46H50BrN2/c1-35-27-29-41-39(33-35)45(2,3)43(48(41)31-17-23-36-19-11-9-12-20-36)25-15-7-6-8-16-26-44-46(4,5)40-34-38(47)28-30-42(40)49(44)32-18-24-37-21-13-10-14-22-37/h6-16,19-22,25-30,33-34H,17-18,23-24,31-32H2,1-5H3/q+1. The minimum Gasteiger partial charge on any atom is -0.344 e. The lowest BCUT2D eigenvalue weighted by Gasteiger charge is -2.27. The first-order valence-corrected chi connectivity index (χ1v) is 18.6.